The van der Waals surface area contributed by atoms with E-state index in [1.165, 1.54) is 11.1 Å². The molecule has 9 heteroatoms. The van der Waals surface area contributed by atoms with Crippen LogP contribution in [0.5, 0.6) is 23.0 Å². The van der Waals surface area contributed by atoms with Gasteiger partial charge in [0.05, 0.1) is 21.3 Å². The Morgan fingerprint density at radius 1 is 0.851 bits per heavy atom. The summed E-state index contributed by atoms with van der Waals surface area (Å²) in [6.07, 6.45) is 8.25. The van der Waals surface area contributed by atoms with Crippen molar-refractivity contribution in [3.8, 4) is 23.0 Å². The fraction of sp³-hybridized carbons (Fsp3) is 0.605. The molecule has 4 bridgehead atoms. The summed E-state index contributed by atoms with van der Waals surface area (Å²) >= 11 is 0. The molecule has 2 saturated heterocycles. The maximum atomic E-state index is 12.7. The van der Waals surface area contributed by atoms with Crippen molar-refractivity contribution in [1.82, 2.24) is 9.80 Å². The van der Waals surface area contributed by atoms with Crippen LogP contribution >= 0.6 is 0 Å². The molecular formula is C38H48N2O7. The first-order chi connectivity index (χ1) is 22.7. The summed E-state index contributed by atoms with van der Waals surface area (Å²) < 4.78 is 28.6. The predicted molar refractivity (Wildman–Crippen MR) is 177 cm³/mol. The van der Waals surface area contributed by atoms with Gasteiger partial charge in [-0.25, -0.2) is 0 Å². The topological polar surface area (TPSA) is 89.9 Å². The molecular weight excluding hydrogens is 596 g/mol. The molecule has 2 aromatic carbocycles. The van der Waals surface area contributed by atoms with Crippen LogP contribution < -0.4 is 14.2 Å². The number of likely N-dealkylation sites (N-methyl/N-ethyl adjacent to an activating group) is 2. The molecule has 3 fully saturated rings. The zero-order valence-electron chi connectivity index (χ0n) is 28.5. The fourth-order valence-corrected chi connectivity index (χ4v) is 11.1. The van der Waals surface area contributed by atoms with E-state index >= 15 is 0 Å². The smallest absolute Gasteiger partial charge is 0.166 e. The Bertz CT molecular complexity index is 1640. The molecule has 9 rings (SSSR count). The van der Waals surface area contributed by atoms with E-state index in [0.29, 0.717) is 36.1 Å². The van der Waals surface area contributed by atoms with Crippen molar-refractivity contribution in [2.45, 2.75) is 80.1 Å². The lowest BCUT2D eigenvalue weighted by Crippen LogP contribution is -2.63. The number of likely N-dealkylation sites (tertiary alicyclic amines) is 2. The molecule has 1 N–H and O–H groups in total. The monoisotopic (exact) mass is 644 g/mol. The van der Waals surface area contributed by atoms with E-state index in [2.05, 4.69) is 48.2 Å². The van der Waals surface area contributed by atoms with Gasteiger partial charge in [0.2, 0.25) is 0 Å². The van der Waals surface area contributed by atoms with Crippen molar-refractivity contribution in [3.63, 3.8) is 0 Å². The minimum atomic E-state index is -0.313. The second-order valence-corrected chi connectivity index (χ2v) is 14.8. The number of methoxy groups -OCH3 is 4. The second-order valence-electron chi connectivity index (χ2n) is 14.8. The lowest BCUT2D eigenvalue weighted by Gasteiger charge is -2.58. The number of piperidine rings is 2. The highest BCUT2D eigenvalue weighted by Gasteiger charge is 2.64. The summed E-state index contributed by atoms with van der Waals surface area (Å²) in [7, 11) is 11.1. The normalized spacial score (nSPS) is 36.0. The molecule has 1 saturated carbocycles. The zero-order valence-corrected chi connectivity index (χ0v) is 28.5. The Labute approximate surface area is 277 Å². The number of hydrogen-bond acceptors (Lipinski definition) is 9. The Kier molecular flexibility index (Phi) is 7.35. The summed E-state index contributed by atoms with van der Waals surface area (Å²) in [6, 6.07) is 9.20. The number of fused-ring (bicyclic) bond motifs is 1. The number of allylic oxidation sites excluding steroid dienone is 1. The minimum Gasteiger partial charge on any atom is -0.504 e. The average Bonchev–Trinajstić information content (AvgIpc) is 3.43. The summed E-state index contributed by atoms with van der Waals surface area (Å²) in [5.41, 5.74) is 4.75. The van der Waals surface area contributed by atoms with Crippen LogP contribution in [0.25, 0.3) is 0 Å². The zero-order chi connectivity index (χ0) is 32.8. The molecule has 2 aromatic rings. The number of carbonyl (C=O) groups is 1. The maximum absolute atomic E-state index is 12.7. The van der Waals surface area contributed by atoms with Gasteiger partial charge in [0.15, 0.2) is 34.9 Å². The van der Waals surface area contributed by atoms with Crippen molar-refractivity contribution in [2.24, 2.45) is 11.8 Å². The molecule has 4 aliphatic carbocycles. The van der Waals surface area contributed by atoms with E-state index in [9.17, 15) is 9.90 Å². The van der Waals surface area contributed by atoms with E-state index < -0.39 is 0 Å². The molecule has 3 aliphatic heterocycles. The van der Waals surface area contributed by atoms with E-state index in [-0.39, 0.29) is 34.6 Å². The average molecular weight is 645 g/mol. The highest BCUT2D eigenvalue weighted by molar-refractivity contribution is 5.86. The summed E-state index contributed by atoms with van der Waals surface area (Å²) in [6.45, 7) is 2.07. The first kappa shape index (κ1) is 31.0. The molecule has 3 heterocycles. The van der Waals surface area contributed by atoms with Gasteiger partial charge < -0.3 is 38.6 Å². The van der Waals surface area contributed by atoms with Crippen molar-refractivity contribution < 1.29 is 33.6 Å². The molecule has 47 heavy (non-hydrogen) atoms. The predicted octanol–water partition coefficient (Wildman–Crippen LogP) is 4.40. The van der Waals surface area contributed by atoms with E-state index in [1.54, 1.807) is 28.4 Å². The number of benzene rings is 2. The molecule has 8 unspecified atom stereocenters. The standard InChI is InChI=1S/C19H25NO4.C19H23NO3/c1-20-7-6-19-10-14(21)16(24-3)9-12(19)13(20)8-11-4-5-15(23-2)18(22)17(11)19;1-20-9-8-19-12-5-7-15(22-3)18(19)23-17-14(21-2)6-4-11(16(17)19)10-13(12)20/h4-5,12-13,16,22H,6-10H2,1-3H3;4,6-7,12-13,18H,5,8-10H2,1-3H3. The molecule has 8 atom stereocenters. The van der Waals surface area contributed by atoms with Gasteiger partial charge in [0.1, 0.15) is 11.9 Å². The first-order valence-electron chi connectivity index (χ1n) is 17.2. The van der Waals surface area contributed by atoms with Crippen LogP contribution in [0.2, 0.25) is 0 Å². The number of phenols is 1. The number of carbonyl (C=O) groups excluding carboxylic acids is 1. The van der Waals surface area contributed by atoms with Crippen molar-refractivity contribution in [1.29, 1.82) is 0 Å². The largest absolute Gasteiger partial charge is 0.504 e. The van der Waals surface area contributed by atoms with Crippen LogP contribution in [-0.4, -0.2) is 101 Å². The van der Waals surface area contributed by atoms with Gasteiger partial charge in [-0.2, -0.15) is 0 Å². The van der Waals surface area contributed by atoms with E-state index in [1.807, 2.05) is 6.07 Å². The third-order valence-corrected chi connectivity index (χ3v) is 13.3. The van der Waals surface area contributed by atoms with Crippen LogP contribution in [0.15, 0.2) is 36.1 Å². The molecule has 252 valence electrons. The number of ether oxygens (including phenoxy) is 5. The number of rotatable bonds is 4. The first-order valence-corrected chi connectivity index (χ1v) is 17.2. The number of ketones is 1. The summed E-state index contributed by atoms with van der Waals surface area (Å²) in [5, 5.41) is 10.9. The fourth-order valence-electron chi connectivity index (χ4n) is 11.1. The molecule has 1 spiro atoms. The quantitative estimate of drug-likeness (QED) is 0.521. The molecule has 7 aliphatic rings. The molecule has 0 aromatic heterocycles. The van der Waals surface area contributed by atoms with Gasteiger partial charge in [-0.1, -0.05) is 12.1 Å². The van der Waals surface area contributed by atoms with Crippen LogP contribution in [0.1, 0.15) is 54.4 Å². The van der Waals surface area contributed by atoms with Gasteiger partial charge >= 0.3 is 0 Å². The maximum Gasteiger partial charge on any atom is 0.166 e. The Hall–Kier alpha value is -3.27. The van der Waals surface area contributed by atoms with Gasteiger partial charge in [0.25, 0.3) is 0 Å². The third-order valence-electron chi connectivity index (χ3n) is 13.3. The summed E-state index contributed by atoms with van der Waals surface area (Å²) in [4.78, 5) is 17.6. The van der Waals surface area contributed by atoms with Crippen molar-refractivity contribution >= 4 is 5.78 Å². The van der Waals surface area contributed by atoms with E-state index in [4.69, 9.17) is 23.7 Å². The Morgan fingerprint density at radius 2 is 1.51 bits per heavy atom. The van der Waals surface area contributed by atoms with Crippen molar-refractivity contribution in [3.05, 3.63) is 58.4 Å². The third kappa shape index (κ3) is 4.15. The Balaban J connectivity index is 0.000000138. The van der Waals surface area contributed by atoms with Crippen LogP contribution in [0, 0.1) is 11.8 Å². The number of Topliss-reactive ketones (excluding diaryl/α,β-unsaturated/α-hetero) is 1. The van der Waals surface area contributed by atoms with Gasteiger partial charge in [-0.3, -0.25) is 4.79 Å². The number of aromatic hydroxyl groups is 1. The van der Waals surface area contributed by atoms with Crippen molar-refractivity contribution in [2.75, 3.05) is 55.6 Å². The molecule has 9 nitrogen and oxygen atoms in total. The van der Waals surface area contributed by atoms with E-state index in [0.717, 1.165) is 80.0 Å². The lowest BCUT2D eigenvalue weighted by atomic mass is 9.51. The number of phenolic OH excluding ortho intramolecular Hbond substituents is 1. The van der Waals surface area contributed by atoms with Crippen LogP contribution in [0.4, 0.5) is 0 Å². The summed E-state index contributed by atoms with van der Waals surface area (Å²) in [5.74, 6) is 4.64. The Morgan fingerprint density at radius 3 is 2.19 bits per heavy atom. The van der Waals surface area contributed by atoms with Gasteiger partial charge in [-0.05, 0) is 107 Å². The SMILES string of the molecule is COC1=CCC2C3Cc4ccc(OC)c5c4C2(CCN3C)C1O5.COc1ccc2c(c1O)C13CCN(C)C(C2)C1CC(OC)C(=O)C3. The van der Waals surface area contributed by atoms with Crippen LogP contribution in [0.3, 0.4) is 0 Å². The van der Waals surface area contributed by atoms with Gasteiger partial charge in [0, 0.05) is 47.6 Å². The lowest BCUT2D eigenvalue weighted by molar-refractivity contribution is -0.141. The van der Waals surface area contributed by atoms with Gasteiger partial charge in [-0.15, -0.1) is 0 Å². The highest BCUT2D eigenvalue weighted by Crippen LogP contribution is 2.64. The molecule has 0 radical (unpaired) electrons. The second kappa shape index (κ2) is 11.1. The number of hydrogen-bond donors (Lipinski definition) is 1. The molecule has 0 amide bonds. The minimum absolute atomic E-state index is 0.00722. The highest BCUT2D eigenvalue weighted by atomic mass is 16.6. The number of nitrogens with zero attached hydrogens (tertiary/aromatic N) is 2. The van der Waals surface area contributed by atoms with Crippen LogP contribution in [-0.2, 0) is 37.9 Å².